The number of aromatic nitrogens is 3. The lowest BCUT2D eigenvalue weighted by atomic mass is 10.1. The molecule has 146 valence electrons. The number of carbonyl (C=O) groups is 1. The van der Waals surface area contributed by atoms with Gasteiger partial charge in [0.15, 0.2) is 22.5 Å². The summed E-state index contributed by atoms with van der Waals surface area (Å²) >= 11 is 1.38. The van der Waals surface area contributed by atoms with Crippen LogP contribution in [0.1, 0.15) is 19.8 Å². The molecule has 1 aromatic heterocycles. The highest BCUT2D eigenvalue weighted by Crippen LogP contribution is 2.41. The van der Waals surface area contributed by atoms with Crippen molar-refractivity contribution in [3.63, 3.8) is 0 Å². The normalized spacial score (nSPS) is 13.3. The maximum Gasteiger partial charge on any atom is 0.230 e. The lowest BCUT2D eigenvalue weighted by Gasteiger charge is -2.14. The zero-order valence-corrected chi connectivity index (χ0v) is 16.8. The van der Waals surface area contributed by atoms with Crippen LogP contribution in [0.25, 0.3) is 11.4 Å². The number of nitrogens with one attached hydrogen (secondary N) is 1. The van der Waals surface area contributed by atoms with Crippen molar-refractivity contribution >= 4 is 17.7 Å². The largest absolute Gasteiger partial charge is 0.493 e. The maximum absolute atomic E-state index is 11.9. The average molecular weight is 392 g/mol. The summed E-state index contributed by atoms with van der Waals surface area (Å²) in [7, 11) is 4.72. The van der Waals surface area contributed by atoms with E-state index in [9.17, 15) is 4.79 Å². The number of ether oxygens (including phenoxy) is 3. The Hall–Kier alpha value is -2.42. The molecule has 1 aliphatic carbocycles. The van der Waals surface area contributed by atoms with Crippen molar-refractivity contribution < 1.29 is 19.0 Å². The van der Waals surface area contributed by atoms with Gasteiger partial charge in [-0.3, -0.25) is 4.79 Å². The highest BCUT2D eigenvalue weighted by atomic mass is 32.2. The smallest absolute Gasteiger partial charge is 0.230 e. The van der Waals surface area contributed by atoms with E-state index < -0.39 is 0 Å². The second-order valence-electron chi connectivity index (χ2n) is 6.09. The van der Waals surface area contributed by atoms with Gasteiger partial charge in [-0.2, -0.15) is 0 Å². The predicted molar refractivity (Wildman–Crippen MR) is 103 cm³/mol. The SMILES string of the molecule is CCn1c(SCC(=O)NC2CC2)nnc1-c1cc(OC)c(OC)c(OC)c1. The number of nitrogens with zero attached hydrogens (tertiary/aromatic N) is 3. The zero-order chi connectivity index (χ0) is 19.4. The Morgan fingerprint density at radius 3 is 2.37 bits per heavy atom. The van der Waals surface area contributed by atoms with Crippen molar-refractivity contribution in [3.8, 4) is 28.6 Å². The number of benzene rings is 1. The molecule has 0 aliphatic heterocycles. The van der Waals surface area contributed by atoms with E-state index in [1.165, 1.54) is 11.8 Å². The van der Waals surface area contributed by atoms with Crippen LogP contribution in [0.4, 0.5) is 0 Å². The van der Waals surface area contributed by atoms with Gasteiger partial charge >= 0.3 is 0 Å². The van der Waals surface area contributed by atoms with E-state index in [0.717, 1.165) is 18.4 Å². The fraction of sp³-hybridized carbons (Fsp3) is 0.500. The van der Waals surface area contributed by atoms with Gasteiger partial charge in [0.25, 0.3) is 0 Å². The quantitative estimate of drug-likeness (QED) is 0.656. The summed E-state index contributed by atoms with van der Waals surface area (Å²) in [6.07, 6.45) is 2.15. The second kappa shape index (κ2) is 8.51. The summed E-state index contributed by atoms with van der Waals surface area (Å²) in [5.41, 5.74) is 0.799. The lowest BCUT2D eigenvalue weighted by molar-refractivity contribution is -0.118. The van der Waals surface area contributed by atoms with Crippen LogP contribution in [-0.2, 0) is 11.3 Å². The van der Waals surface area contributed by atoms with Gasteiger partial charge in [0, 0.05) is 18.2 Å². The summed E-state index contributed by atoms with van der Waals surface area (Å²) in [6, 6.07) is 4.04. The Morgan fingerprint density at radius 2 is 1.85 bits per heavy atom. The van der Waals surface area contributed by atoms with E-state index >= 15 is 0 Å². The molecule has 0 unspecified atom stereocenters. The molecule has 1 fully saturated rings. The molecule has 0 radical (unpaired) electrons. The van der Waals surface area contributed by atoms with Crippen molar-refractivity contribution in [1.29, 1.82) is 0 Å². The number of thioether (sulfide) groups is 1. The molecule has 0 spiro atoms. The van der Waals surface area contributed by atoms with Crippen LogP contribution in [0.3, 0.4) is 0 Å². The van der Waals surface area contributed by atoms with Crippen LogP contribution >= 0.6 is 11.8 Å². The van der Waals surface area contributed by atoms with Crippen LogP contribution in [0, 0.1) is 0 Å². The Bertz CT molecular complexity index is 795. The van der Waals surface area contributed by atoms with Crippen LogP contribution in [0.15, 0.2) is 17.3 Å². The van der Waals surface area contributed by atoms with Gasteiger partial charge in [-0.25, -0.2) is 0 Å². The minimum absolute atomic E-state index is 0.0301. The minimum atomic E-state index is 0.0301. The molecular weight excluding hydrogens is 368 g/mol. The Balaban J connectivity index is 1.86. The first-order valence-corrected chi connectivity index (χ1v) is 9.75. The molecule has 1 amide bonds. The fourth-order valence-corrected chi connectivity index (χ4v) is 3.54. The number of hydrogen-bond donors (Lipinski definition) is 1. The standard InChI is InChI=1S/C18H24N4O4S/c1-5-22-17(11-8-13(24-2)16(26-4)14(9-11)25-3)20-21-18(22)27-10-15(23)19-12-6-7-12/h8-9,12H,5-7,10H2,1-4H3,(H,19,23). The van der Waals surface area contributed by atoms with Crippen molar-refractivity contribution in [2.45, 2.75) is 37.5 Å². The molecule has 1 heterocycles. The van der Waals surface area contributed by atoms with E-state index in [2.05, 4.69) is 15.5 Å². The Kier molecular flexibility index (Phi) is 6.10. The Labute approximate surface area is 162 Å². The molecule has 1 aromatic carbocycles. The molecular formula is C18H24N4O4S. The number of carbonyl (C=O) groups excluding carboxylic acids is 1. The molecule has 1 aliphatic rings. The first-order chi connectivity index (χ1) is 13.1. The highest BCUT2D eigenvalue weighted by molar-refractivity contribution is 7.99. The first kappa shape index (κ1) is 19.3. The third-order valence-corrected chi connectivity index (χ3v) is 5.20. The highest BCUT2D eigenvalue weighted by Gasteiger charge is 2.24. The molecule has 27 heavy (non-hydrogen) atoms. The van der Waals surface area contributed by atoms with Gasteiger partial charge in [0.05, 0.1) is 27.1 Å². The van der Waals surface area contributed by atoms with Crippen LogP contribution in [0.2, 0.25) is 0 Å². The molecule has 0 saturated heterocycles. The molecule has 8 nitrogen and oxygen atoms in total. The van der Waals surface area contributed by atoms with Gasteiger partial charge in [-0.1, -0.05) is 11.8 Å². The predicted octanol–water partition coefficient (Wildman–Crippen LogP) is 2.36. The van der Waals surface area contributed by atoms with Crippen molar-refractivity contribution in [1.82, 2.24) is 20.1 Å². The molecule has 1 N–H and O–H groups in total. The van der Waals surface area contributed by atoms with Gasteiger partial charge in [-0.15, -0.1) is 10.2 Å². The molecule has 0 atom stereocenters. The second-order valence-corrected chi connectivity index (χ2v) is 7.04. The van der Waals surface area contributed by atoms with E-state index in [-0.39, 0.29) is 5.91 Å². The molecule has 2 aromatic rings. The van der Waals surface area contributed by atoms with Gasteiger partial charge < -0.3 is 24.1 Å². The maximum atomic E-state index is 11.9. The molecule has 9 heteroatoms. The van der Waals surface area contributed by atoms with E-state index in [1.54, 1.807) is 21.3 Å². The van der Waals surface area contributed by atoms with E-state index in [0.29, 0.717) is 46.6 Å². The molecule has 1 saturated carbocycles. The Morgan fingerprint density at radius 1 is 1.19 bits per heavy atom. The van der Waals surface area contributed by atoms with Crippen molar-refractivity contribution in [3.05, 3.63) is 12.1 Å². The summed E-state index contributed by atoms with van der Waals surface area (Å²) < 4.78 is 18.2. The molecule has 3 rings (SSSR count). The number of amides is 1. The van der Waals surface area contributed by atoms with E-state index in [4.69, 9.17) is 14.2 Å². The summed E-state index contributed by atoms with van der Waals surface area (Å²) in [4.78, 5) is 11.9. The van der Waals surface area contributed by atoms with Crippen LogP contribution < -0.4 is 19.5 Å². The lowest BCUT2D eigenvalue weighted by Crippen LogP contribution is -2.27. The zero-order valence-electron chi connectivity index (χ0n) is 15.9. The minimum Gasteiger partial charge on any atom is -0.493 e. The van der Waals surface area contributed by atoms with Crippen LogP contribution in [-0.4, -0.2) is 53.8 Å². The monoisotopic (exact) mass is 392 g/mol. The third kappa shape index (κ3) is 4.29. The number of methoxy groups -OCH3 is 3. The van der Waals surface area contributed by atoms with Crippen LogP contribution in [0.5, 0.6) is 17.2 Å². The van der Waals surface area contributed by atoms with Gasteiger partial charge in [-0.05, 0) is 31.9 Å². The summed E-state index contributed by atoms with van der Waals surface area (Å²) in [5, 5.41) is 12.3. The van der Waals surface area contributed by atoms with E-state index in [1.807, 2.05) is 23.6 Å². The van der Waals surface area contributed by atoms with Gasteiger partial charge in [0.1, 0.15) is 0 Å². The molecule has 0 bridgehead atoms. The average Bonchev–Trinajstić information content (AvgIpc) is 3.40. The number of hydrogen-bond acceptors (Lipinski definition) is 7. The third-order valence-electron chi connectivity index (χ3n) is 4.23. The summed E-state index contributed by atoms with van der Waals surface area (Å²) in [6.45, 7) is 2.69. The van der Waals surface area contributed by atoms with Crippen molar-refractivity contribution in [2.75, 3.05) is 27.1 Å². The first-order valence-electron chi connectivity index (χ1n) is 8.77. The topological polar surface area (TPSA) is 87.5 Å². The number of rotatable bonds is 9. The van der Waals surface area contributed by atoms with Crippen molar-refractivity contribution in [2.24, 2.45) is 0 Å². The fourth-order valence-electron chi connectivity index (χ4n) is 2.73. The van der Waals surface area contributed by atoms with Gasteiger partial charge in [0.2, 0.25) is 11.7 Å². The summed E-state index contributed by atoms with van der Waals surface area (Å²) in [5.74, 6) is 2.66.